The molecule has 0 unspecified atom stereocenters. The number of nitrogens with zero attached hydrogens (tertiary/aromatic N) is 5. The van der Waals surface area contributed by atoms with Gasteiger partial charge in [-0.3, -0.25) is 9.69 Å². The van der Waals surface area contributed by atoms with Crippen molar-refractivity contribution in [2.45, 2.75) is 44.6 Å². The molecule has 6 rings (SSSR count). The van der Waals surface area contributed by atoms with E-state index in [4.69, 9.17) is 18.6 Å². The van der Waals surface area contributed by atoms with E-state index in [9.17, 15) is 9.90 Å². The van der Waals surface area contributed by atoms with Crippen molar-refractivity contribution in [1.29, 1.82) is 0 Å². The highest BCUT2D eigenvalue weighted by Gasteiger charge is 2.24. The van der Waals surface area contributed by atoms with Gasteiger partial charge in [-0.25, -0.2) is 9.97 Å². The normalized spacial score (nSPS) is 18.4. The largest absolute Gasteiger partial charge is 0.486 e. The minimum absolute atomic E-state index is 0.101. The highest BCUT2D eigenvalue weighted by molar-refractivity contribution is 5.95. The number of aliphatic hydroxyl groups excluding tert-OH is 1. The van der Waals surface area contributed by atoms with E-state index in [1.807, 2.05) is 11.0 Å². The van der Waals surface area contributed by atoms with Crippen LogP contribution in [0.25, 0.3) is 0 Å². The molecule has 0 bridgehead atoms. The maximum Gasteiger partial charge on any atom is 0.228 e. The topological polar surface area (TPSA) is 135 Å². The van der Waals surface area contributed by atoms with Gasteiger partial charge in [-0.1, -0.05) is 6.07 Å². The summed E-state index contributed by atoms with van der Waals surface area (Å²) in [5, 5.41) is 14.2. The minimum Gasteiger partial charge on any atom is -0.486 e. The number of rotatable bonds is 12. The van der Waals surface area contributed by atoms with Crippen LogP contribution in [0.3, 0.4) is 0 Å². The van der Waals surface area contributed by atoms with Gasteiger partial charge in [0.1, 0.15) is 23.9 Å². The highest BCUT2D eigenvalue weighted by Crippen LogP contribution is 2.25. The van der Waals surface area contributed by atoms with Crippen molar-refractivity contribution in [2.75, 3.05) is 62.8 Å². The Labute approximate surface area is 238 Å². The highest BCUT2D eigenvalue weighted by atomic mass is 16.5. The number of carbonyl (C=O) groups excluding carboxylic acids is 1. The smallest absolute Gasteiger partial charge is 0.228 e. The van der Waals surface area contributed by atoms with Gasteiger partial charge in [0.25, 0.3) is 0 Å². The molecule has 12 heteroatoms. The molecule has 1 aromatic carbocycles. The van der Waals surface area contributed by atoms with Crippen LogP contribution in [0.2, 0.25) is 0 Å². The molecule has 0 aliphatic carbocycles. The first-order valence-corrected chi connectivity index (χ1v) is 14.2. The molecule has 3 aliphatic rings. The van der Waals surface area contributed by atoms with E-state index < -0.39 is 6.10 Å². The second kappa shape index (κ2) is 12.9. The summed E-state index contributed by atoms with van der Waals surface area (Å²) in [6, 6.07) is 8.01. The lowest BCUT2D eigenvalue weighted by Gasteiger charge is -2.30. The number of ether oxygens (including phenoxy) is 3. The van der Waals surface area contributed by atoms with Gasteiger partial charge in [-0.15, -0.1) is 0 Å². The molecule has 2 N–H and O–H groups in total. The maximum absolute atomic E-state index is 13.2. The van der Waals surface area contributed by atoms with E-state index in [0.29, 0.717) is 82.3 Å². The number of aliphatic hydroxyl groups is 1. The molecular weight excluding hydrogens is 528 g/mol. The quantitative estimate of drug-likeness (QED) is 0.312. The van der Waals surface area contributed by atoms with Gasteiger partial charge < -0.3 is 34.0 Å². The standard InChI is InChI=1S/C29H36N6O6/c36-23(15-34-6-5-20-11-24(3-1-21(20)14-34)40-18-25-13-30-19-41-25)2-4-27(37)26-12-28(31-22-16-39-17-22)33-29(32-26)35-7-9-38-10-8-35/h1,3,11-13,19,22-23,36H,2,4-10,14-18H2,(H,31,32,33)/t23-/m0/s1. The van der Waals surface area contributed by atoms with Gasteiger partial charge in [0.2, 0.25) is 5.95 Å². The summed E-state index contributed by atoms with van der Waals surface area (Å²) < 4.78 is 21.8. The zero-order valence-electron chi connectivity index (χ0n) is 23.0. The van der Waals surface area contributed by atoms with Crippen molar-refractivity contribution in [3.8, 4) is 5.75 Å². The first-order chi connectivity index (χ1) is 20.1. The van der Waals surface area contributed by atoms with Crippen molar-refractivity contribution < 1.29 is 28.5 Å². The summed E-state index contributed by atoms with van der Waals surface area (Å²) in [7, 11) is 0. The zero-order valence-corrected chi connectivity index (χ0v) is 23.0. The molecule has 2 aromatic heterocycles. The molecule has 2 fully saturated rings. The van der Waals surface area contributed by atoms with Crippen LogP contribution in [-0.4, -0.2) is 95.5 Å². The van der Waals surface area contributed by atoms with E-state index in [-0.39, 0.29) is 18.2 Å². The number of hydrogen-bond acceptors (Lipinski definition) is 12. The van der Waals surface area contributed by atoms with Gasteiger partial charge in [-0.2, -0.15) is 4.98 Å². The van der Waals surface area contributed by atoms with E-state index in [0.717, 1.165) is 25.3 Å². The predicted octanol–water partition coefficient (Wildman–Crippen LogP) is 2.07. The van der Waals surface area contributed by atoms with Crippen LogP contribution in [0.4, 0.5) is 11.8 Å². The average molecular weight is 565 g/mol. The number of morpholine rings is 1. The van der Waals surface area contributed by atoms with Crippen molar-refractivity contribution in [3.63, 3.8) is 0 Å². The molecular formula is C29H36N6O6. The van der Waals surface area contributed by atoms with E-state index in [2.05, 4.69) is 37.3 Å². The number of β-amino-alcohol motifs (C(OH)–C–C–N with tert-alkyl or cyclic N) is 1. The molecule has 12 nitrogen and oxygen atoms in total. The van der Waals surface area contributed by atoms with Crippen LogP contribution >= 0.6 is 0 Å². The van der Waals surface area contributed by atoms with Crippen molar-refractivity contribution in [3.05, 3.63) is 59.4 Å². The van der Waals surface area contributed by atoms with Crippen LogP contribution in [-0.2, 0) is 29.0 Å². The predicted molar refractivity (Wildman–Crippen MR) is 149 cm³/mol. The fourth-order valence-electron chi connectivity index (χ4n) is 5.20. The summed E-state index contributed by atoms with van der Waals surface area (Å²) in [6.07, 6.45) is 3.87. The molecule has 218 valence electrons. The molecule has 0 amide bonds. The minimum atomic E-state index is -0.615. The van der Waals surface area contributed by atoms with Crippen molar-refractivity contribution in [2.24, 2.45) is 0 Å². The third-order valence-corrected chi connectivity index (χ3v) is 7.59. The molecule has 41 heavy (non-hydrogen) atoms. The lowest BCUT2D eigenvalue weighted by Crippen LogP contribution is -2.41. The number of carbonyl (C=O) groups is 1. The number of aromatic nitrogens is 3. The SMILES string of the molecule is O=C(CC[C@H](O)CN1CCc2cc(OCc3cnco3)ccc2C1)c1cc(NC2COC2)nc(N2CCOCC2)n1. The van der Waals surface area contributed by atoms with E-state index >= 15 is 0 Å². The number of fused-ring (bicyclic) bond motifs is 1. The fourth-order valence-corrected chi connectivity index (χ4v) is 5.20. The third-order valence-electron chi connectivity index (χ3n) is 7.59. The molecule has 5 heterocycles. The Hall–Kier alpha value is -3.58. The monoisotopic (exact) mass is 564 g/mol. The maximum atomic E-state index is 13.2. The molecule has 3 aromatic rings. The molecule has 2 saturated heterocycles. The lowest BCUT2D eigenvalue weighted by atomic mass is 9.98. The molecule has 1 atom stereocenters. The number of oxazole rings is 1. The lowest BCUT2D eigenvalue weighted by molar-refractivity contribution is 0.0209. The second-order valence-electron chi connectivity index (χ2n) is 10.7. The van der Waals surface area contributed by atoms with Gasteiger partial charge >= 0.3 is 0 Å². The fraction of sp³-hybridized carbons (Fsp3) is 0.517. The Kier molecular flexibility index (Phi) is 8.71. The summed E-state index contributed by atoms with van der Waals surface area (Å²) in [5.74, 6) is 2.53. The van der Waals surface area contributed by atoms with Crippen LogP contribution in [0, 0.1) is 0 Å². The number of nitrogens with one attached hydrogen (secondary N) is 1. The number of ketones is 1. The Balaban J connectivity index is 1.01. The van der Waals surface area contributed by atoms with Crippen molar-refractivity contribution in [1.82, 2.24) is 19.9 Å². The first-order valence-electron chi connectivity index (χ1n) is 14.2. The van der Waals surface area contributed by atoms with E-state index in [1.54, 1.807) is 12.3 Å². The summed E-state index contributed by atoms with van der Waals surface area (Å²) in [6.45, 7) is 6.23. The molecule has 0 spiro atoms. The number of Topliss-reactive ketones (excluding diaryl/α,β-unsaturated/α-hetero) is 1. The Morgan fingerprint density at radius 1 is 1.12 bits per heavy atom. The van der Waals surface area contributed by atoms with Crippen LogP contribution < -0.4 is 15.0 Å². The Morgan fingerprint density at radius 3 is 2.78 bits per heavy atom. The Bertz CT molecular complexity index is 1310. The molecule has 0 radical (unpaired) electrons. The van der Waals surface area contributed by atoms with Gasteiger partial charge in [0.05, 0.1) is 44.8 Å². The zero-order chi connectivity index (χ0) is 28.0. The van der Waals surface area contributed by atoms with Crippen molar-refractivity contribution >= 4 is 17.5 Å². The summed E-state index contributed by atoms with van der Waals surface area (Å²) >= 11 is 0. The van der Waals surface area contributed by atoms with Crippen LogP contribution in [0.1, 0.15) is 40.2 Å². The van der Waals surface area contributed by atoms with Gasteiger partial charge in [0.15, 0.2) is 17.9 Å². The Morgan fingerprint density at radius 2 is 2.00 bits per heavy atom. The molecule has 0 saturated carbocycles. The third kappa shape index (κ3) is 7.20. The van der Waals surface area contributed by atoms with E-state index in [1.165, 1.54) is 17.5 Å². The van der Waals surface area contributed by atoms with Crippen LogP contribution in [0.15, 0.2) is 41.3 Å². The second-order valence-corrected chi connectivity index (χ2v) is 10.7. The number of anilines is 2. The van der Waals surface area contributed by atoms with Crippen LogP contribution in [0.5, 0.6) is 5.75 Å². The number of hydrogen-bond donors (Lipinski definition) is 2. The first kappa shape index (κ1) is 27.6. The molecule has 3 aliphatic heterocycles. The van der Waals surface area contributed by atoms with Gasteiger partial charge in [-0.05, 0) is 36.1 Å². The summed E-state index contributed by atoms with van der Waals surface area (Å²) in [5.41, 5.74) is 2.84. The number of benzene rings is 1. The van der Waals surface area contributed by atoms with Gasteiger partial charge in [0, 0.05) is 45.2 Å². The summed E-state index contributed by atoms with van der Waals surface area (Å²) in [4.78, 5) is 30.6. The average Bonchev–Trinajstić information content (AvgIpc) is 3.51.